The Kier molecular flexibility index (Phi) is 6.77. The lowest BCUT2D eigenvalue weighted by molar-refractivity contribution is -0.113. The molecule has 2 aromatic carbocycles. The molecule has 1 aliphatic heterocycles. The summed E-state index contributed by atoms with van der Waals surface area (Å²) in [6.45, 7) is 1.68. The topological polar surface area (TPSA) is 95.4 Å². The Balaban J connectivity index is 1.96. The van der Waals surface area contributed by atoms with Gasteiger partial charge in [0, 0.05) is 5.70 Å². The second kappa shape index (κ2) is 9.48. The van der Waals surface area contributed by atoms with Gasteiger partial charge in [0.1, 0.15) is 6.07 Å². The first-order valence-corrected chi connectivity index (χ1v) is 9.75. The predicted molar refractivity (Wildman–Crippen MR) is 118 cm³/mol. The van der Waals surface area contributed by atoms with Crippen LogP contribution >= 0.6 is 23.8 Å². The van der Waals surface area contributed by atoms with E-state index in [4.69, 9.17) is 38.6 Å². The van der Waals surface area contributed by atoms with Crippen LogP contribution in [0, 0.1) is 11.3 Å². The normalized spacial score (nSPS) is 15.5. The van der Waals surface area contributed by atoms with Crippen LogP contribution in [-0.2, 0) is 4.79 Å². The zero-order valence-corrected chi connectivity index (χ0v) is 17.9. The van der Waals surface area contributed by atoms with Crippen molar-refractivity contribution in [3.63, 3.8) is 0 Å². The van der Waals surface area contributed by atoms with Crippen molar-refractivity contribution in [1.29, 1.82) is 5.26 Å². The third kappa shape index (κ3) is 4.64. The van der Waals surface area contributed by atoms with E-state index in [1.807, 2.05) is 6.07 Å². The monoisotopic (exact) mass is 442 g/mol. The molecule has 2 aromatic rings. The summed E-state index contributed by atoms with van der Waals surface area (Å²) in [6.07, 6.45) is 0. The molecule has 0 aliphatic carbocycles. The number of nitriles is 1. The number of ether oxygens (including phenoxy) is 2. The largest absolute Gasteiger partial charge is 0.493 e. The van der Waals surface area contributed by atoms with Crippen LogP contribution in [0.15, 0.2) is 53.7 Å². The molecule has 0 bridgehead atoms. The van der Waals surface area contributed by atoms with Gasteiger partial charge in [-0.05, 0) is 49.0 Å². The molecule has 7 nitrogen and oxygen atoms in total. The van der Waals surface area contributed by atoms with Gasteiger partial charge in [0.15, 0.2) is 23.2 Å². The number of nitrogens with one attached hydrogen (secondary N) is 3. The highest BCUT2D eigenvalue weighted by molar-refractivity contribution is 7.80. The number of carbonyl (C=O) groups excluding carboxylic acids is 1. The van der Waals surface area contributed by atoms with E-state index in [1.54, 1.807) is 49.4 Å². The third-order valence-electron chi connectivity index (χ3n) is 4.45. The van der Waals surface area contributed by atoms with Crippen LogP contribution in [0.1, 0.15) is 18.5 Å². The second-order valence-electron chi connectivity index (χ2n) is 6.36. The summed E-state index contributed by atoms with van der Waals surface area (Å²) in [5.74, 6) is 0.552. The maximum absolute atomic E-state index is 13.1. The fourth-order valence-electron chi connectivity index (χ4n) is 3.09. The zero-order valence-electron chi connectivity index (χ0n) is 16.3. The van der Waals surface area contributed by atoms with E-state index in [1.165, 1.54) is 7.11 Å². The molecule has 0 saturated carbocycles. The third-order valence-corrected chi connectivity index (χ3v) is 5.00. The summed E-state index contributed by atoms with van der Waals surface area (Å²) in [5, 5.41) is 18.5. The van der Waals surface area contributed by atoms with Crippen LogP contribution < -0.4 is 25.4 Å². The van der Waals surface area contributed by atoms with Gasteiger partial charge in [-0.1, -0.05) is 29.8 Å². The molecule has 154 valence electrons. The van der Waals surface area contributed by atoms with Crippen LogP contribution in [0.4, 0.5) is 5.69 Å². The molecule has 0 radical (unpaired) electrons. The standard InChI is InChI=1S/C21H19ClN4O3S/c1-12-18(20(27)25-15-6-4-3-5-14(15)22)19(26-21(30)24-12)13-7-8-16(29-10-9-23)17(11-13)28-2/h3-8,11,19H,10H2,1-2H3,(H,25,27)(H2,24,26,30). The van der Waals surface area contributed by atoms with Crippen molar-refractivity contribution in [1.82, 2.24) is 10.6 Å². The van der Waals surface area contributed by atoms with Crippen LogP contribution in [0.25, 0.3) is 0 Å². The highest BCUT2D eigenvalue weighted by Gasteiger charge is 2.30. The number of thiocarbonyl (C=S) groups is 1. The average molecular weight is 443 g/mol. The number of halogens is 1. The number of allylic oxidation sites excluding steroid dienone is 1. The van der Waals surface area contributed by atoms with Crippen molar-refractivity contribution in [2.75, 3.05) is 19.0 Å². The highest BCUT2D eigenvalue weighted by atomic mass is 35.5. The molecule has 1 aliphatic rings. The van der Waals surface area contributed by atoms with Gasteiger partial charge >= 0.3 is 0 Å². The molecule has 1 heterocycles. The molecule has 0 spiro atoms. The number of anilines is 1. The first kappa shape index (κ1) is 21.4. The van der Waals surface area contributed by atoms with Crippen molar-refractivity contribution >= 4 is 40.5 Å². The quantitative estimate of drug-likeness (QED) is 0.587. The van der Waals surface area contributed by atoms with Crippen molar-refractivity contribution in [3.8, 4) is 17.6 Å². The van der Waals surface area contributed by atoms with Gasteiger partial charge in [-0.15, -0.1) is 0 Å². The van der Waals surface area contributed by atoms with Gasteiger partial charge in [0.05, 0.1) is 29.4 Å². The molecule has 1 atom stereocenters. The van der Waals surface area contributed by atoms with Gasteiger partial charge in [-0.2, -0.15) is 5.26 Å². The Hall–Kier alpha value is -3.28. The number of hydrogen-bond acceptors (Lipinski definition) is 5. The first-order valence-electron chi connectivity index (χ1n) is 8.96. The molecule has 0 saturated heterocycles. The lowest BCUT2D eigenvalue weighted by Gasteiger charge is -2.30. The molecule has 1 amide bonds. The fraction of sp³-hybridized carbons (Fsp3) is 0.190. The lowest BCUT2D eigenvalue weighted by Crippen LogP contribution is -2.45. The van der Waals surface area contributed by atoms with E-state index >= 15 is 0 Å². The first-order chi connectivity index (χ1) is 14.4. The Morgan fingerprint density at radius 2 is 2.07 bits per heavy atom. The number of methoxy groups -OCH3 is 1. The second-order valence-corrected chi connectivity index (χ2v) is 7.18. The number of amides is 1. The Morgan fingerprint density at radius 1 is 1.30 bits per heavy atom. The summed E-state index contributed by atoms with van der Waals surface area (Å²) >= 11 is 11.5. The lowest BCUT2D eigenvalue weighted by atomic mass is 9.94. The minimum absolute atomic E-state index is 0.101. The molecular weight excluding hydrogens is 424 g/mol. The number of nitrogens with zero attached hydrogens (tertiary/aromatic N) is 1. The van der Waals surface area contributed by atoms with Crippen molar-refractivity contribution in [2.24, 2.45) is 0 Å². The van der Waals surface area contributed by atoms with Crippen LogP contribution in [0.2, 0.25) is 5.02 Å². The molecule has 3 N–H and O–H groups in total. The molecule has 1 unspecified atom stereocenters. The van der Waals surface area contributed by atoms with Gasteiger partial charge in [-0.3, -0.25) is 4.79 Å². The SMILES string of the molecule is COc1cc(C2NC(=S)NC(C)=C2C(=O)Nc2ccccc2Cl)ccc1OCC#N. The van der Waals surface area contributed by atoms with Gasteiger partial charge < -0.3 is 25.4 Å². The van der Waals surface area contributed by atoms with Crippen LogP contribution in [0.5, 0.6) is 11.5 Å². The smallest absolute Gasteiger partial charge is 0.255 e. The number of benzene rings is 2. The minimum atomic E-state index is -0.528. The Labute approximate surface area is 184 Å². The summed E-state index contributed by atoms with van der Waals surface area (Å²) < 4.78 is 10.8. The molecule has 0 aromatic heterocycles. The summed E-state index contributed by atoms with van der Waals surface area (Å²) in [6, 6.07) is 13.6. The minimum Gasteiger partial charge on any atom is -0.493 e. The van der Waals surface area contributed by atoms with E-state index in [0.29, 0.717) is 38.6 Å². The molecule has 30 heavy (non-hydrogen) atoms. The van der Waals surface area contributed by atoms with E-state index < -0.39 is 6.04 Å². The summed E-state index contributed by atoms with van der Waals surface area (Å²) in [4.78, 5) is 13.1. The van der Waals surface area contributed by atoms with Crippen molar-refractivity contribution in [2.45, 2.75) is 13.0 Å². The summed E-state index contributed by atoms with van der Waals surface area (Å²) in [7, 11) is 1.50. The van der Waals surface area contributed by atoms with E-state index in [9.17, 15) is 4.79 Å². The van der Waals surface area contributed by atoms with Gasteiger partial charge in [0.2, 0.25) is 0 Å². The maximum atomic E-state index is 13.1. The van der Waals surface area contributed by atoms with Crippen molar-refractivity contribution < 1.29 is 14.3 Å². The van der Waals surface area contributed by atoms with Crippen molar-refractivity contribution in [3.05, 3.63) is 64.3 Å². The van der Waals surface area contributed by atoms with Gasteiger partial charge in [0.25, 0.3) is 5.91 Å². The maximum Gasteiger partial charge on any atom is 0.255 e. The fourth-order valence-corrected chi connectivity index (χ4v) is 3.54. The van der Waals surface area contributed by atoms with E-state index in [0.717, 1.165) is 5.56 Å². The Morgan fingerprint density at radius 3 is 2.77 bits per heavy atom. The van der Waals surface area contributed by atoms with Gasteiger partial charge in [-0.25, -0.2) is 0 Å². The van der Waals surface area contributed by atoms with Crippen LogP contribution in [0.3, 0.4) is 0 Å². The Bertz CT molecular complexity index is 1060. The number of rotatable bonds is 6. The van der Waals surface area contributed by atoms with E-state index in [2.05, 4.69) is 16.0 Å². The number of carbonyl (C=O) groups is 1. The average Bonchev–Trinajstić information content (AvgIpc) is 2.73. The predicted octanol–water partition coefficient (Wildman–Crippen LogP) is 3.68. The molecule has 0 fully saturated rings. The van der Waals surface area contributed by atoms with E-state index in [-0.39, 0.29) is 12.5 Å². The molecule has 3 rings (SSSR count). The summed E-state index contributed by atoms with van der Waals surface area (Å²) in [5.41, 5.74) is 2.33. The molecular formula is C21H19ClN4O3S. The zero-order chi connectivity index (χ0) is 21.7. The molecule has 9 heteroatoms. The van der Waals surface area contributed by atoms with Crippen LogP contribution in [-0.4, -0.2) is 24.7 Å². The number of hydrogen-bond donors (Lipinski definition) is 3. The number of para-hydroxylation sites is 1. The highest BCUT2D eigenvalue weighted by Crippen LogP contribution is 2.35.